The maximum atomic E-state index is 13.2. The van der Waals surface area contributed by atoms with E-state index in [0.717, 1.165) is 22.4 Å². The van der Waals surface area contributed by atoms with Crippen LogP contribution in [0.5, 0.6) is 0 Å². The van der Waals surface area contributed by atoms with Crippen LogP contribution in [0.4, 0.5) is 0 Å². The van der Waals surface area contributed by atoms with Crippen LogP contribution >= 0.6 is 0 Å². The number of nitrogens with zero attached hydrogens (tertiary/aromatic N) is 4. The minimum absolute atomic E-state index is 0.146. The predicted molar refractivity (Wildman–Crippen MR) is 113 cm³/mol. The largest absolute Gasteiger partial charge is 0.336 e. The van der Waals surface area contributed by atoms with Crippen molar-refractivity contribution in [2.45, 2.75) is 13.1 Å². The van der Waals surface area contributed by atoms with Gasteiger partial charge in [-0.3, -0.25) is 4.79 Å². The van der Waals surface area contributed by atoms with Crippen molar-refractivity contribution in [2.24, 2.45) is 0 Å². The van der Waals surface area contributed by atoms with E-state index in [9.17, 15) is 4.79 Å². The quantitative estimate of drug-likeness (QED) is 0.500. The second kappa shape index (κ2) is 8.52. The maximum absolute atomic E-state index is 13.2. The molecule has 1 amide bonds. The normalized spacial score (nSPS) is 10.7. The highest BCUT2D eigenvalue weighted by molar-refractivity contribution is 5.97. The molecule has 0 radical (unpaired) electrons. The summed E-state index contributed by atoms with van der Waals surface area (Å²) in [6.45, 7) is 1.06. The lowest BCUT2D eigenvalue weighted by Crippen LogP contribution is -2.27. The van der Waals surface area contributed by atoms with Gasteiger partial charge in [0.25, 0.3) is 5.91 Å². The zero-order chi connectivity index (χ0) is 20.1. The van der Waals surface area contributed by atoms with E-state index in [1.807, 2.05) is 91.0 Å². The molecule has 144 valence electrons. The molecule has 3 aromatic carbocycles. The average Bonchev–Trinajstić information content (AvgIpc) is 3.18. The zero-order valence-corrected chi connectivity index (χ0v) is 16.3. The summed E-state index contributed by atoms with van der Waals surface area (Å²) in [5.74, 6) is -0.146. The summed E-state index contributed by atoms with van der Waals surface area (Å²) in [4.78, 5) is 14.9. The van der Waals surface area contributed by atoms with Gasteiger partial charge in [-0.05, 0) is 11.1 Å². The van der Waals surface area contributed by atoms with Crippen molar-refractivity contribution >= 4 is 5.91 Å². The Kier molecular flexibility index (Phi) is 5.47. The van der Waals surface area contributed by atoms with Gasteiger partial charge in [-0.2, -0.15) is 0 Å². The summed E-state index contributed by atoms with van der Waals surface area (Å²) < 4.78 is 1.80. The lowest BCUT2D eigenvalue weighted by Gasteiger charge is -2.17. The lowest BCUT2D eigenvalue weighted by molar-refractivity contribution is 0.0780. The summed E-state index contributed by atoms with van der Waals surface area (Å²) in [7, 11) is 1.79. The molecule has 29 heavy (non-hydrogen) atoms. The monoisotopic (exact) mass is 382 g/mol. The Hall–Kier alpha value is -3.73. The van der Waals surface area contributed by atoms with E-state index in [4.69, 9.17) is 0 Å². The Morgan fingerprint density at radius 3 is 2.00 bits per heavy atom. The molecule has 0 aliphatic heterocycles. The number of rotatable bonds is 6. The molecular formula is C24H22N4O. The number of carbonyl (C=O) groups is 1. The molecule has 0 aliphatic rings. The molecule has 0 bridgehead atoms. The minimum Gasteiger partial charge on any atom is -0.336 e. The summed E-state index contributed by atoms with van der Waals surface area (Å²) in [6.07, 6.45) is 0. The van der Waals surface area contributed by atoms with Crippen LogP contribution in [0.25, 0.3) is 11.3 Å². The summed E-state index contributed by atoms with van der Waals surface area (Å²) in [5.41, 5.74) is 4.20. The molecule has 1 heterocycles. The van der Waals surface area contributed by atoms with E-state index in [-0.39, 0.29) is 5.91 Å². The highest BCUT2D eigenvalue weighted by Gasteiger charge is 2.24. The Balaban J connectivity index is 1.68. The Bertz CT molecular complexity index is 1080. The number of benzene rings is 3. The molecule has 0 aliphatic carbocycles. The van der Waals surface area contributed by atoms with Gasteiger partial charge in [0, 0.05) is 19.2 Å². The van der Waals surface area contributed by atoms with Gasteiger partial charge >= 0.3 is 0 Å². The summed E-state index contributed by atoms with van der Waals surface area (Å²) in [5, 5.41) is 8.59. The smallest absolute Gasteiger partial charge is 0.276 e. The standard InChI is InChI=1S/C24H22N4O/c1-27(17-19-11-5-2-6-12-19)24(29)22-23(21-15-9-4-10-16-21)28(26-25-22)18-20-13-7-3-8-14-20/h2-16H,17-18H2,1H3. The van der Waals surface area contributed by atoms with E-state index in [0.29, 0.717) is 18.8 Å². The van der Waals surface area contributed by atoms with Crippen LogP contribution in [0.3, 0.4) is 0 Å². The molecule has 0 unspecified atom stereocenters. The van der Waals surface area contributed by atoms with Crippen molar-refractivity contribution in [3.8, 4) is 11.3 Å². The fourth-order valence-electron chi connectivity index (χ4n) is 3.32. The zero-order valence-electron chi connectivity index (χ0n) is 16.3. The first-order valence-electron chi connectivity index (χ1n) is 9.54. The van der Waals surface area contributed by atoms with Crippen molar-refractivity contribution in [3.05, 3.63) is 108 Å². The third kappa shape index (κ3) is 4.24. The number of carbonyl (C=O) groups excluding carboxylic acids is 1. The van der Waals surface area contributed by atoms with E-state index in [1.54, 1.807) is 16.6 Å². The third-order valence-electron chi connectivity index (χ3n) is 4.77. The predicted octanol–water partition coefficient (Wildman–Crippen LogP) is 4.27. The van der Waals surface area contributed by atoms with E-state index in [2.05, 4.69) is 10.3 Å². The molecule has 0 saturated heterocycles. The first-order valence-corrected chi connectivity index (χ1v) is 9.54. The van der Waals surface area contributed by atoms with Crippen molar-refractivity contribution in [1.29, 1.82) is 0 Å². The van der Waals surface area contributed by atoms with Gasteiger partial charge in [0.1, 0.15) is 5.69 Å². The van der Waals surface area contributed by atoms with Gasteiger partial charge in [0.2, 0.25) is 0 Å². The molecule has 4 aromatic rings. The molecular weight excluding hydrogens is 360 g/mol. The van der Waals surface area contributed by atoms with Crippen molar-refractivity contribution < 1.29 is 4.79 Å². The number of aromatic nitrogens is 3. The van der Waals surface area contributed by atoms with Gasteiger partial charge in [0.15, 0.2) is 5.69 Å². The van der Waals surface area contributed by atoms with Gasteiger partial charge < -0.3 is 4.90 Å². The number of hydrogen-bond acceptors (Lipinski definition) is 3. The number of hydrogen-bond donors (Lipinski definition) is 0. The molecule has 1 aromatic heterocycles. The molecule has 5 nitrogen and oxygen atoms in total. The molecule has 5 heteroatoms. The molecule has 0 spiro atoms. The van der Waals surface area contributed by atoms with Crippen LogP contribution in [-0.4, -0.2) is 32.8 Å². The van der Waals surface area contributed by atoms with Crippen LogP contribution in [0, 0.1) is 0 Å². The fourth-order valence-corrected chi connectivity index (χ4v) is 3.32. The maximum Gasteiger partial charge on any atom is 0.276 e. The first kappa shape index (κ1) is 18.6. The van der Waals surface area contributed by atoms with Crippen LogP contribution in [0.2, 0.25) is 0 Å². The van der Waals surface area contributed by atoms with E-state index >= 15 is 0 Å². The fraction of sp³-hybridized carbons (Fsp3) is 0.125. The van der Waals surface area contributed by atoms with Crippen LogP contribution in [0.1, 0.15) is 21.6 Å². The summed E-state index contributed by atoms with van der Waals surface area (Å²) in [6, 6.07) is 29.8. The van der Waals surface area contributed by atoms with E-state index < -0.39 is 0 Å². The van der Waals surface area contributed by atoms with Crippen LogP contribution in [-0.2, 0) is 13.1 Å². The van der Waals surface area contributed by atoms with Gasteiger partial charge in [-0.15, -0.1) is 5.10 Å². The molecule has 0 saturated carbocycles. The minimum atomic E-state index is -0.146. The van der Waals surface area contributed by atoms with Crippen molar-refractivity contribution in [3.63, 3.8) is 0 Å². The van der Waals surface area contributed by atoms with Gasteiger partial charge in [0.05, 0.1) is 6.54 Å². The first-order chi connectivity index (χ1) is 14.2. The van der Waals surface area contributed by atoms with Crippen molar-refractivity contribution in [1.82, 2.24) is 19.9 Å². The molecule has 4 rings (SSSR count). The molecule has 0 N–H and O–H groups in total. The molecule has 0 fully saturated rings. The lowest BCUT2D eigenvalue weighted by atomic mass is 10.1. The van der Waals surface area contributed by atoms with Gasteiger partial charge in [-0.1, -0.05) is 96.2 Å². The van der Waals surface area contributed by atoms with Crippen LogP contribution < -0.4 is 0 Å². The Labute approximate surface area is 170 Å². The Morgan fingerprint density at radius 1 is 0.828 bits per heavy atom. The molecule has 0 atom stereocenters. The highest BCUT2D eigenvalue weighted by atomic mass is 16.2. The van der Waals surface area contributed by atoms with Crippen molar-refractivity contribution in [2.75, 3.05) is 7.05 Å². The SMILES string of the molecule is CN(Cc1ccccc1)C(=O)c1nnn(Cc2ccccc2)c1-c1ccccc1. The topological polar surface area (TPSA) is 51.0 Å². The second-order valence-corrected chi connectivity index (χ2v) is 6.94. The Morgan fingerprint density at radius 2 is 1.38 bits per heavy atom. The second-order valence-electron chi connectivity index (χ2n) is 6.94. The summed E-state index contributed by atoms with van der Waals surface area (Å²) >= 11 is 0. The highest BCUT2D eigenvalue weighted by Crippen LogP contribution is 2.24. The number of amides is 1. The third-order valence-corrected chi connectivity index (χ3v) is 4.77. The van der Waals surface area contributed by atoms with Crippen LogP contribution in [0.15, 0.2) is 91.0 Å². The van der Waals surface area contributed by atoms with Gasteiger partial charge in [-0.25, -0.2) is 4.68 Å². The average molecular weight is 382 g/mol. The van der Waals surface area contributed by atoms with E-state index in [1.165, 1.54) is 0 Å².